The van der Waals surface area contributed by atoms with Crippen LogP contribution in [0.3, 0.4) is 0 Å². The number of nitrogens with zero attached hydrogens (tertiary/aromatic N) is 2. The number of likely N-dealkylation sites (tertiary alicyclic amines) is 1. The fourth-order valence-corrected chi connectivity index (χ4v) is 2.52. The monoisotopic (exact) mass is 277 g/mol. The Morgan fingerprint density at radius 3 is 2.70 bits per heavy atom. The molecule has 1 fully saturated rings. The van der Waals surface area contributed by atoms with Crippen molar-refractivity contribution in [2.75, 3.05) is 32.1 Å². The van der Waals surface area contributed by atoms with Crippen molar-refractivity contribution in [3.8, 4) is 0 Å². The number of aliphatic hydroxyl groups is 1. The summed E-state index contributed by atoms with van der Waals surface area (Å²) in [6.07, 6.45) is 2.57. The lowest BCUT2D eigenvalue weighted by Crippen LogP contribution is -2.39. The molecule has 0 radical (unpaired) electrons. The number of piperidine rings is 1. The normalized spacial score (nSPS) is 16.2. The summed E-state index contributed by atoms with van der Waals surface area (Å²) < 4.78 is 0. The van der Waals surface area contributed by atoms with Crippen molar-refractivity contribution in [3.05, 3.63) is 23.4 Å². The molecule has 0 unspecified atom stereocenters. The minimum absolute atomic E-state index is 0.0648. The third kappa shape index (κ3) is 3.28. The summed E-state index contributed by atoms with van der Waals surface area (Å²) in [6.45, 7) is 3.70. The maximum atomic E-state index is 12.5. The first-order valence-electron chi connectivity index (χ1n) is 7.26. The number of aromatic nitrogens is 1. The van der Waals surface area contributed by atoms with Gasteiger partial charge in [-0.3, -0.25) is 4.79 Å². The highest BCUT2D eigenvalue weighted by Crippen LogP contribution is 2.20. The van der Waals surface area contributed by atoms with E-state index in [1.165, 1.54) is 0 Å². The Morgan fingerprint density at radius 2 is 2.15 bits per heavy atom. The van der Waals surface area contributed by atoms with E-state index in [2.05, 4.69) is 10.3 Å². The van der Waals surface area contributed by atoms with Crippen LogP contribution in [0.5, 0.6) is 0 Å². The molecule has 1 aromatic rings. The molecular formula is C15H23N3O2. The number of aliphatic hydroxyl groups excluding tert-OH is 1. The van der Waals surface area contributed by atoms with Gasteiger partial charge in [0.2, 0.25) is 0 Å². The van der Waals surface area contributed by atoms with Gasteiger partial charge in [0.25, 0.3) is 5.91 Å². The highest BCUT2D eigenvalue weighted by atomic mass is 16.3. The van der Waals surface area contributed by atoms with Gasteiger partial charge in [-0.05, 0) is 37.3 Å². The van der Waals surface area contributed by atoms with E-state index in [0.717, 1.165) is 43.9 Å². The van der Waals surface area contributed by atoms with Gasteiger partial charge in [-0.1, -0.05) is 6.92 Å². The van der Waals surface area contributed by atoms with Crippen LogP contribution in [-0.2, 0) is 6.42 Å². The Balaban J connectivity index is 2.12. The number of hydrogen-bond acceptors (Lipinski definition) is 4. The molecule has 1 aliphatic rings. The summed E-state index contributed by atoms with van der Waals surface area (Å²) in [7, 11) is 1.81. The lowest BCUT2D eigenvalue weighted by molar-refractivity contribution is 0.0650. The SMILES string of the molecule is CCc1cc(C(=O)N2CCC(CO)CC2)cc(NC)n1. The number of carbonyl (C=O) groups is 1. The van der Waals surface area contributed by atoms with Crippen LogP contribution in [0.15, 0.2) is 12.1 Å². The van der Waals surface area contributed by atoms with E-state index in [9.17, 15) is 4.79 Å². The number of rotatable bonds is 4. The van der Waals surface area contributed by atoms with Crippen molar-refractivity contribution < 1.29 is 9.90 Å². The number of amides is 1. The predicted octanol–water partition coefficient (Wildman–Crippen LogP) is 1.53. The molecule has 1 amide bonds. The van der Waals surface area contributed by atoms with Gasteiger partial charge in [-0.25, -0.2) is 4.98 Å². The highest BCUT2D eigenvalue weighted by Gasteiger charge is 2.23. The van der Waals surface area contributed by atoms with Crippen molar-refractivity contribution in [2.24, 2.45) is 5.92 Å². The Hall–Kier alpha value is -1.62. The minimum Gasteiger partial charge on any atom is -0.396 e. The van der Waals surface area contributed by atoms with E-state index in [0.29, 0.717) is 11.5 Å². The first kappa shape index (κ1) is 14.8. The molecule has 2 rings (SSSR count). The van der Waals surface area contributed by atoms with Gasteiger partial charge in [0.05, 0.1) is 0 Å². The lowest BCUT2D eigenvalue weighted by Gasteiger charge is -2.31. The molecule has 1 aliphatic heterocycles. The Bertz CT molecular complexity index is 446. The Kier molecular flexibility index (Phi) is 4.95. The maximum Gasteiger partial charge on any atom is 0.254 e. The van der Waals surface area contributed by atoms with Crippen molar-refractivity contribution in [3.63, 3.8) is 0 Å². The van der Waals surface area contributed by atoms with Gasteiger partial charge in [-0.15, -0.1) is 0 Å². The second-order valence-corrected chi connectivity index (χ2v) is 5.25. The molecule has 0 atom stereocenters. The highest BCUT2D eigenvalue weighted by molar-refractivity contribution is 5.95. The largest absolute Gasteiger partial charge is 0.396 e. The number of pyridine rings is 1. The number of nitrogens with one attached hydrogen (secondary N) is 1. The summed E-state index contributed by atoms with van der Waals surface area (Å²) >= 11 is 0. The van der Waals surface area contributed by atoms with Crippen molar-refractivity contribution >= 4 is 11.7 Å². The van der Waals surface area contributed by atoms with E-state index in [1.807, 2.05) is 24.9 Å². The zero-order chi connectivity index (χ0) is 14.5. The molecule has 0 bridgehead atoms. The first-order chi connectivity index (χ1) is 9.67. The van der Waals surface area contributed by atoms with Crippen LogP contribution in [0.4, 0.5) is 5.82 Å². The fourth-order valence-electron chi connectivity index (χ4n) is 2.52. The number of anilines is 1. The summed E-state index contributed by atoms with van der Waals surface area (Å²) in [6, 6.07) is 3.68. The number of hydrogen-bond donors (Lipinski definition) is 2. The first-order valence-corrected chi connectivity index (χ1v) is 7.26. The molecule has 0 spiro atoms. The molecule has 1 aromatic heterocycles. The van der Waals surface area contributed by atoms with Crippen LogP contribution in [0, 0.1) is 5.92 Å². The Labute approximate surface area is 120 Å². The van der Waals surface area contributed by atoms with Gasteiger partial charge in [0.15, 0.2) is 0 Å². The minimum atomic E-state index is 0.0648. The van der Waals surface area contributed by atoms with Gasteiger partial charge in [0, 0.05) is 38.0 Å². The van der Waals surface area contributed by atoms with E-state index in [1.54, 1.807) is 6.07 Å². The molecule has 110 valence electrons. The van der Waals surface area contributed by atoms with Crippen molar-refractivity contribution in [1.29, 1.82) is 0 Å². The summed E-state index contributed by atoms with van der Waals surface area (Å²) in [5.41, 5.74) is 1.62. The van der Waals surface area contributed by atoms with Crippen LogP contribution < -0.4 is 5.32 Å². The van der Waals surface area contributed by atoms with E-state index in [4.69, 9.17) is 5.11 Å². The van der Waals surface area contributed by atoms with E-state index >= 15 is 0 Å². The predicted molar refractivity (Wildman–Crippen MR) is 78.9 cm³/mol. The zero-order valence-corrected chi connectivity index (χ0v) is 12.2. The molecule has 5 nitrogen and oxygen atoms in total. The second kappa shape index (κ2) is 6.70. The number of aryl methyl sites for hydroxylation is 1. The van der Waals surface area contributed by atoms with Gasteiger partial charge in [-0.2, -0.15) is 0 Å². The maximum absolute atomic E-state index is 12.5. The average Bonchev–Trinajstić information content (AvgIpc) is 2.53. The van der Waals surface area contributed by atoms with Crippen LogP contribution in [0.25, 0.3) is 0 Å². The van der Waals surface area contributed by atoms with Gasteiger partial charge >= 0.3 is 0 Å². The molecule has 2 heterocycles. The topological polar surface area (TPSA) is 65.5 Å². The van der Waals surface area contributed by atoms with Crippen molar-refractivity contribution in [1.82, 2.24) is 9.88 Å². The smallest absolute Gasteiger partial charge is 0.254 e. The molecule has 0 saturated carbocycles. The number of carbonyl (C=O) groups excluding carboxylic acids is 1. The summed E-state index contributed by atoms with van der Waals surface area (Å²) in [5, 5.41) is 12.2. The lowest BCUT2D eigenvalue weighted by atomic mass is 9.97. The summed E-state index contributed by atoms with van der Waals surface area (Å²) in [4.78, 5) is 18.8. The van der Waals surface area contributed by atoms with Crippen LogP contribution in [0.2, 0.25) is 0 Å². The zero-order valence-electron chi connectivity index (χ0n) is 12.2. The van der Waals surface area contributed by atoms with Gasteiger partial charge < -0.3 is 15.3 Å². The molecule has 5 heteroatoms. The Morgan fingerprint density at radius 1 is 1.45 bits per heavy atom. The van der Waals surface area contributed by atoms with Crippen LogP contribution in [-0.4, -0.2) is 47.6 Å². The third-order valence-corrected chi connectivity index (χ3v) is 3.90. The summed E-state index contributed by atoms with van der Waals surface area (Å²) in [5.74, 6) is 1.14. The molecule has 0 aromatic carbocycles. The van der Waals surface area contributed by atoms with Gasteiger partial charge in [0.1, 0.15) is 5.82 Å². The molecule has 2 N–H and O–H groups in total. The van der Waals surface area contributed by atoms with Crippen LogP contribution in [0.1, 0.15) is 35.8 Å². The average molecular weight is 277 g/mol. The third-order valence-electron chi connectivity index (χ3n) is 3.90. The molecular weight excluding hydrogens is 254 g/mol. The second-order valence-electron chi connectivity index (χ2n) is 5.25. The quantitative estimate of drug-likeness (QED) is 0.876. The fraction of sp³-hybridized carbons (Fsp3) is 0.600. The molecule has 0 aliphatic carbocycles. The molecule has 1 saturated heterocycles. The van der Waals surface area contributed by atoms with Crippen molar-refractivity contribution in [2.45, 2.75) is 26.2 Å². The standard InChI is InChI=1S/C15H23N3O2/c1-3-13-8-12(9-14(16-2)17-13)15(20)18-6-4-11(10-19)5-7-18/h8-9,11,19H,3-7,10H2,1-2H3,(H,16,17). The molecule has 20 heavy (non-hydrogen) atoms. The van der Waals surface area contributed by atoms with E-state index in [-0.39, 0.29) is 12.5 Å². The van der Waals surface area contributed by atoms with Crippen LogP contribution >= 0.6 is 0 Å². The van der Waals surface area contributed by atoms with E-state index < -0.39 is 0 Å².